The lowest BCUT2D eigenvalue weighted by Crippen LogP contribution is -2.39. The molecule has 1 heterocycles. The number of amides is 1. The lowest BCUT2D eigenvalue weighted by atomic mass is 10.0. The van der Waals surface area contributed by atoms with Crippen LogP contribution in [0.2, 0.25) is 0 Å². The van der Waals surface area contributed by atoms with E-state index in [0.29, 0.717) is 12.1 Å². The highest BCUT2D eigenvalue weighted by molar-refractivity contribution is 9.10. The summed E-state index contributed by atoms with van der Waals surface area (Å²) in [6.07, 6.45) is 0.639. The predicted molar refractivity (Wildman–Crippen MR) is 93.0 cm³/mol. The van der Waals surface area contributed by atoms with Gasteiger partial charge in [-0.1, -0.05) is 34.1 Å². The molecule has 5 nitrogen and oxygen atoms in total. The molecule has 1 amide bonds. The van der Waals surface area contributed by atoms with Gasteiger partial charge in [0.1, 0.15) is 11.8 Å². The van der Waals surface area contributed by atoms with Crippen molar-refractivity contribution in [3.05, 3.63) is 58.1 Å². The summed E-state index contributed by atoms with van der Waals surface area (Å²) >= 11 is 3.41. The molecule has 4 N–H and O–H groups in total. The van der Waals surface area contributed by atoms with Gasteiger partial charge in [0, 0.05) is 10.5 Å². The van der Waals surface area contributed by atoms with Gasteiger partial charge in [-0.3, -0.25) is 4.79 Å². The van der Waals surface area contributed by atoms with Gasteiger partial charge in [-0.05, 0) is 48.7 Å². The van der Waals surface area contributed by atoms with Crippen LogP contribution in [0.25, 0.3) is 0 Å². The number of halogens is 1. The van der Waals surface area contributed by atoms with E-state index in [1.54, 1.807) is 12.1 Å². The normalized spacial score (nSPS) is 20.4. The zero-order valence-electron chi connectivity index (χ0n) is 12.6. The molecule has 0 saturated carbocycles. The average Bonchev–Trinajstić information content (AvgIpc) is 3.01. The van der Waals surface area contributed by atoms with Crippen LogP contribution in [0.5, 0.6) is 5.75 Å². The average molecular weight is 376 g/mol. The van der Waals surface area contributed by atoms with Crippen LogP contribution in [0.3, 0.4) is 0 Å². The minimum absolute atomic E-state index is 0.0745. The summed E-state index contributed by atoms with van der Waals surface area (Å²) in [4.78, 5) is 12.4. The van der Waals surface area contributed by atoms with Gasteiger partial charge in [0.05, 0.1) is 5.69 Å². The van der Waals surface area contributed by atoms with Crippen LogP contribution in [0, 0.1) is 6.92 Å². The number of nitrogens with one attached hydrogen (secondary N) is 3. The van der Waals surface area contributed by atoms with E-state index in [2.05, 4.69) is 32.1 Å². The minimum Gasteiger partial charge on any atom is -0.506 e. The van der Waals surface area contributed by atoms with Crippen LogP contribution in [-0.2, 0) is 4.79 Å². The summed E-state index contributed by atoms with van der Waals surface area (Å²) < 4.78 is 1.02. The third kappa shape index (κ3) is 3.72. The highest BCUT2D eigenvalue weighted by Gasteiger charge is 2.30. The van der Waals surface area contributed by atoms with Gasteiger partial charge in [0.2, 0.25) is 5.91 Å². The first-order valence-corrected chi connectivity index (χ1v) is 8.19. The number of carbonyl (C=O) groups is 1. The molecule has 3 rings (SSSR count). The zero-order chi connectivity index (χ0) is 16.4. The maximum atomic E-state index is 12.4. The molecule has 2 aromatic rings. The van der Waals surface area contributed by atoms with Gasteiger partial charge in [-0.25, -0.2) is 10.9 Å². The molecule has 120 valence electrons. The summed E-state index contributed by atoms with van der Waals surface area (Å²) in [6.45, 7) is 1.89. The van der Waals surface area contributed by atoms with Gasteiger partial charge in [-0.2, -0.15) is 0 Å². The fraction of sp³-hybridized carbons (Fsp3) is 0.235. The molecular weight excluding hydrogens is 358 g/mol. The summed E-state index contributed by atoms with van der Waals surface area (Å²) in [5, 5.41) is 12.6. The lowest BCUT2D eigenvalue weighted by Gasteiger charge is -2.12. The number of hydrogen-bond donors (Lipinski definition) is 4. The Balaban J connectivity index is 1.64. The molecule has 0 spiro atoms. The topological polar surface area (TPSA) is 73.4 Å². The first-order valence-electron chi connectivity index (χ1n) is 7.40. The molecule has 1 saturated heterocycles. The molecule has 0 aromatic heterocycles. The number of rotatable bonds is 3. The second-order valence-electron chi connectivity index (χ2n) is 5.69. The second-order valence-corrected chi connectivity index (χ2v) is 6.61. The van der Waals surface area contributed by atoms with Crippen molar-refractivity contribution in [1.82, 2.24) is 10.9 Å². The van der Waals surface area contributed by atoms with Crippen LogP contribution in [0.15, 0.2) is 46.9 Å². The van der Waals surface area contributed by atoms with Crippen LogP contribution >= 0.6 is 15.9 Å². The first kappa shape index (κ1) is 16.0. The maximum absolute atomic E-state index is 12.4. The Bertz CT molecular complexity index is 718. The van der Waals surface area contributed by atoms with Crippen molar-refractivity contribution in [3.63, 3.8) is 0 Å². The molecule has 23 heavy (non-hydrogen) atoms. The van der Waals surface area contributed by atoms with E-state index in [0.717, 1.165) is 15.6 Å². The zero-order valence-corrected chi connectivity index (χ0v) is 14.2. The third-order valence-electron chi connectivity index (χ3n) is 3.90. The van der Waals surface area contributed by atoms with Crippen molar-refractivity contribution < 1.29 is 9.90 Å². The van der Waals surface area contributed by atoms with Gasteiger partial charge < -0.3 is 10.4 Å². The standard InChI is InChI=1S/C17H18BrN3O2/c1-10-2-7-13(16(22)8-10)19-17(23)15-9-14(20-21-15)11-3-5-12(18)6-4-11/h2-8,14-15,20-22H,9H2,1H3,(H,19,23). The summed E-state index contributed by atoms with van der Waals surface area (Å²) in [7, 11) is 0. The van der Waals surface area contributed by atoms with E-state index in [4.69, 9.17) is 0 Å². The monoisotopic (exact) mass is 375 g/mol. The van der Waals surface area contributed by atoms with Crippen molar-refractivity contribution in [2.75, 3.05) is 5.32 Å². The van der Waals surface area contributed by atoms with Crippen molar-refractivity contribution in [1.29, 1.82) is 0 Å². The molecule has 0 aliphatic carbocycles. The highest BCUT2D eigenvalue weighted by Crippen LogP contribution is 2.27. The number of aromatic hydroxyl groups is 1. The molecule has 2 unspecified atom stereocenters. The van der Waals surface area contributed by atoms with E-state index < -0.39 is 0 Å². The smallest absolute Gasteiger partial charge is 0.243 e. The second kappa shape index (κ2) is 6.70. The predicted octanol–water partition coefficient (Wildman–Crippen LogP) is 3.01. The van der Waals surface area contributed by atoms with Gasteiger partial charge in [0.15, 0.2) is 0 Å². The molecule has 1 aliphatic rings. The van der Waals surface area contributed by atoms with Crippen LogP contribution in [-0.4, -0.2) is 17.1 Å². The highest BCUT2D eigenvalue weighted by atomic mass is 79.9. The number of benzene rings is 2. The SMILES string of the molecule is Cc1ccc(NC(=O)C2CC(c3ccc(Br)cc3)NN2)c(O)c1. The molecule has 0 radical (unpaired) electrons. The quantitative estimate of drug-likeness (QED) is 0.622. The number of phenolic OH excluding ortho intramolecular Hbond substituents is 1. The Labute approximate surface area is 143 Å². The molecule has 2 aromatic carbocycles. The van der Waals surface area contributed by atoms with Gasteiger partial charge in [0.25, 0.3) is 0 Å². The number of aryl methyl sites for hydroxylation is 1. The molecule has 1 fully saturated rings. The summed E-state index contributed by atoms with van der Waals surface area (Å²) in [6, 6.07) is 12.9. The van der Waals surface area contributed by atoms with Crippen molar-refractivity contribution in [3.8, 4) is 5.75 Å². The molecule has 0 bridgehead atoms. The van der Waals surface area contributed by atoms with Gasteiger partial charge >= 0.3 is 0 Å². The largest absolute Gasteiger partial charge is 0.506 e. The van der Waals surface area contributed by atoms with E-state index in [9.17, 15) is 9.90 Å². The van der Waals surface area contributed by atoms with E-state index in [-0.39, 0.29) is 23.7 Å². The van der Waals surface area contributed by atoms with Crippen LogP contribution < -0.4 is 16.2 Å². The maximum Gasteiger partial charge on any atom is 0.243 e. The lowest BCUT2D eigenvalue weighted by molar-refractivity contribution is -0.117. The third-order valence-corrected chi connectivity index (χ3v) is 4.43. The molecular formula is C17H18BrN3O2. The first-order chi connectivity index (χ1) is 11.0. The van der Waals surface area contributed by atoms with Crippen molar-refractivity contribution in [2.24, 2.45) is 0 Å². The molecule has 6 heteroatoms. The Kier molecular flexibility index (Phi) is 4.66. The summed E-state index contributed by atoms with van der Waals surface area (Å²) in [5.41, 5.74) is 8.65. The van der Waals surface area contributed by atoms with Crippen LogP contribution in [0.1, 0.15) is 23.6 Å². The number of phenols is 1. The fourth-order valence-corrected chi connectivity index (χ4v) is 2.87. The Morgan fingerprint density at radius 3 is 2.65 bits per heavy atom. The minimum atomic E-state index is -0.357. The van der Waals surface area contributed by atoms with E-state index in [1.165, 1.54) is 0 Å². The number of hydrazine groups is 1. The molecule has 2 atom stereocenters. The Morgan fingerprint density at radius 1 is 1.22 bits per heavy atom. The number of carbonyl (C=O) groups excluding carboxylic acids is 1. The fourth-order valence-electron chi connectivity index (χ4n) is 2.61. The number of anilines is 1. The van der Waals surface area contributed by atoms with E-state index >= 15 is 0 Å². The van der Waals surface area contributed by atoms with Gasteiger partial charge in [-0.15, -0.1) is 0 Å². The van der Waals surface area contributed by atoms with E-state index in [1.807, 2.05) is 37.3 Å². The van der Waals surface area contributed by atoms with Crippen LogP contribution in [0.4, 0.5) is 5.69 Å². The Morgan fingerprint density at radius 2 is 1.96 bits per heavy atom. The van der Waals surface area contributed by atoms with Crippen molar-refractivity contribution >= 4 is 27.5 Å². The van der Waals surface area contributed by atoms with Crippen molar-refractivity contribution in [2.45, 2.75) is 25.4 Å². The molecule has 1 aliphatic heterocycles. The number of hydrogen-bond acceptors (Lipinski definition) is 4. The Hall–Kier alpha value is -1.89. The summed E-state index contributed by atoms with van der Waals surface area (Å²) in [5.74, 6) is -0.0926.